The maximum Gasteiger partial charge on any atom is 0.248 e. The first-order chi connectivity index (χ1) is 12.7. The molecule has 0 unspecified atom stereocenters. The van der Waals surface area contributed by atoms with E-state index in [4.69, 9.17) is 4.74 Å². The van der Waals surface area contributed by atoms with Crippen LogP contribution in [-0.4, -0.2) is 38.0 Å². The van der Waals surface area contributed by atoms with Crippen LogP contribution in [0.25, 0.3) is 22.3 Å². The van der Waals surface area contributed by atoms with Gasteiger partial charge in [-0.2, -0.15) is 0 Å². The van der Waals surface area contributed by atoms with Crippen LogP contribution in [0, 0.1) is 0 Å². The van der Waals surface area contributed by atoms with Crippen LogP contribution in [0.1, 0.15) is 0 Å². The van der Waals surface area contributed by atoms with Crippen LogP contribution in [0.4, 0.5) is 5.95 Å². The molecule has 0 atom stereocenters. The molecule has 2 aromatic heterocycles. The van der Waals surface area contributed by atoms with Crippen molar-refractivity contribution in [2.45, 2.75) is 6.54 Å². The van der Waals surface area contributed by atoms with E-state index in [1.165, 1.54) is 4.68 Å². The summed E-state index contributed by atoms with van der Waals surface area (Å²) in [5.74, 6) is 0.938. The fraction of sp³-hybridized carbons (Fsp3) is 0.111. The number of imidazole rings is 1. The summed E-state index contributed by atoms with van der Waals surface area (Å²) < 4.78 is 6.62. The minimum atomic E-state index is -0.241. The number of amides is 1. The average molecular weight is 348 g/mol. The fourth-order valence-corrected chi connectivity index (χ4v) is 2.60. The Hall–Kier alpha value is -3.68. The van der Waals surface area contributed by atoms with Crippen molar-refractivity contribution in [2.24, 2.45) is 0 Å². The van der Waals surface area contributed by atoms with E-state index in [2.05, 4.69) is 25.6 Å². The Morgan fingerprint density at radius 1 is 1.19 bits per heavy atom. The highest BCUT2D eigenvalue weighted by Crippen LogP contribution is 2.20. The number of methoxy groups -OCH3 is 1. The number of aromatic amines is 1. The largest absolute Gasteiger partial charge is 0.497 e. The minimum absolute atomic E-state index is 0.0419. The number of benzene rings is 2. The summed E-state index contributed by atoms with van der Waals surface area (Å²) >= 11 is 0. The van der Waals surface area contributed by atoms with Gasteiger partial charge in [0.25, 0.3) is 0 Å². The molecule has 0 aliphatic rings. The molecular formula is C18H16N6O2. The average Bonchev–Trinajstić information content (AvgIpc) is 3.28. The standard InChI is InChI=1S/C18H16N6O2/c1-26-13-8-6-12(7-9-13)16-10-24(23-22-16)11-17(25)21-18-19-14-4-2-3-5-15(14)20-18/h2-10H,11H2,1H3,(H2,19,20,21,25). The number of hydrogen-bond acceptors (Lipinski definition) is 5. The second kappa shape index (κ2) is 6.67. The third-order valence-corrected chi connectivity index (χ3v) is 3.88. The van der Waals surface area contributed by atoms with Gasteiger partial charge in [-0.1, -0.05) is 17.3 Å². The number of aromatic nitrogens is 5. The van der Waals surface area contributed by atoms with Crippen LogP contribution < -0.4 is 10.1 Å². The van der Waals surface area contributed by atoms with E-state index in [9.17, 15) is 4.79 Å². The van der Waals surface area contributed by atoms with Gasteiger partial charge in [0.05, 0.1) is 24.3 Å². The third-order valence-electron chi connectivity index (χ3n) is 3.88. The van der Waals surface area contributed by atoms with Gasteiger partial charge in [0.2, 0.25) is 11.9 Å². The molecule has 4 aromatic rings. The van der Waals surface area contributed by atoms with Crippen LogP contribution >= 0.6 is 0 Å². The van der Waals surface area contributed by atoms with Gasteiger partial charge in [-0.3, -0.25) is 10.1 Å². The Balaban J connectivity index is 1.43. The number of anilines is 1. The number of carbonyl (C=O) groups excluding carboxylic acids is 1. The van der Waals surface area contributed by atoms with Gasteiger partial charge in [-0.25, -0.2) is 9.67 Å². The van der Waals surface area contributed by atoms with Crippen LogP contribution in [0.5, 0.6) is 5.75 Å². The number of carbonyl (C=O) groups is 1. The molecule has 2 heterocycles. The summed E-state index contributed by atoms with van der Waals surface area (Å²) in [6.45, 7) is 0.0419. The Labute approximate surface area is 148 Å². The quantitative estimate of drug-likeness (QED) is 0.577. The number of nitrogens with zero attached hydrogens (tertiary/aromatic N) is 4. The molecule has 4 rings (SSSR count). The molecule has 8 heteroatoms. The molecular weight excluding hydrogens is 332 g/mol. The van der Waals surface area contributed by atoms with Crippen molar-refractivity contribution in [3.8, 4) is 17.0 Å². The van der Waals surface area contributed by atoms with Gasteiger partial charge in [0.1, 0.15) is 18.0 Å². The lowest BCUT2D eigenvalue weighted by Crippen LogP contribution is -2.19. The highest BCUT2D eigenvalue weighted by Gasteiger charge is 2.10. The van der Waals surface area contributed by atoms with Crippen molar-refractivity contribution in [2.75, 3.05) is 12.4 Å². The van der Waals surface area contributed by atoms with Gasteiger partial charge < -0.3 is 9.72 Å². The molecule has 0 fully saturated rings. The Morgan fingerprint density at radius 2 is 2.00 bits per heavy atom. The molecule has 26 heavy (non-hydrogen) atoms. The normalized spacial score (nSPS) is 10.8. The van der Waals surface area contributed by atoms with Crippen molar-refractivity contribution >= 4 is 22.9 Å². The van der Waals surface area contributed by atoms with E-state index in [0.29, 0.717) is 11.6 Å². The van der Waals surface area contributed by atoms with Crippen molar-refractivity contribution in [3.63, 3.8) is 0 Å². The Bertz CT molecular complexity index is 1020. The number of H-pyrrole nitrogens is 1. The van der Waals surface area contributed by atoms with E-state index < -0.39 is 0 Å². The number of ether oxygens (including phenoxy) is 1. The first kappa shape index (κ1) is 15.8. The van der Waals surface area contributed by atoms with E-state index in [0.717, 1.165) is 22.3 Å². The maximum absolute atomic E-state index is 12.2. The zero-order chi connectivity index (χ0) is 17.9. The SMILES string of the molecule is COc1ccc(-c2cn(CC(=O)Nc3nc4ccccc4[nH]3)nn2)cc1. The first-order valence-corrected chi connectivity index (χ1v) is 8.00. The third kappa shape index (κ3) is 3.25. The molecule has 0 saturated heterocycles. The second-order valence-corrected chi connectivity index (χ2v) is 5.68. The van der Waals surface area contributed by atoms with Gasteiger partial charge in [-0.15, -0.1) is 5.10 Å². The predicted octanol–water partition coefficient (Wildman–Crippen LogP) is 2.47. The zero-order valence-electron chi connectivity index (χ0n) is 14.0. The Morgan fingerprint density at radius 3 is 2.77 bits per heavy atom. The first-order valence-electron chi connectivity index (χ1n) is 8.00. The molecule has 2 aromatic carbocycles. The molecule has 2 N–H and O–H groups in total. The van der Waals surface area contributed by atoms with Gasteiger partial charge in [0, 0.05) is 5.56 Å². The van der Waals surface area contributed by atoms with Gasteiger partial charge >= 0.3 is 0 Å². The summed E-state index contributed by atoms with van der Waals surface area (Å²) in [7, 11) is 1.62. The molecule has 0 saturated carbocycles. The topological polar surface area (TPSA) is 97.7 Å². The molecule has 1 amide bonds. The molecule has 0 spiro atoms. The number of para-hydroxylation sites is 2. The van der Waals surface area contributed by atoms with Crippen LogP contribution in [0.3, 0.4) is 0 Å². The van der Waals surface area contributed by atoms with Crippen LogP contribution in [0.2, 0.25) is 0 Å². The molecule has 0 radical (unpaired) electrons. The van der Waals surface area contributed by atoms with E-state index in [1.807, 2.05) is 48.5 Å². The molecule has 0 bridgehead atoms. The summed E-state index contributed by atoms with van der Waals surface area (Å²) in [4.78, 5) is 19.6. The number of rotatable bonds is 5. The zero-order valence-corrected chi connectivity index (χ0v) is 14.0. The lowest BCUT2D eigenvalue weighted by atomic mass is 10.2. The van der Waals surface area contributed by atoms with E-state index in [-0.39, 0.29) is 12.5 Å². The van der Waals surface area contributed by atoms with Crippen molar-refractivity contribution in [1.29, 1.82) is 0 Å². The molecule has 130 valence electrons. The highest BCUT2D eigenvalue weighted by molar-refractivity contribution is 5.90. The maximum atomic E-state index is 12.2. The van der Waals surface area contributed by atoms with Crippen molar-refractivity contribution in [3.05, 3.63) is 54.7 Å². The molecule has 0 aliphatic carbocycles. The lowest BCUT2D eigenvalue weighted by Gasteiger charge is -2.01. The Kier molecular flexibility index (Phi) is 4.06. The second-order valence-electron chi connectivity index (χ2n) is 5.68. The summed E-state index contributed by atoms with van der Waals surface area (Å²) in [6.07, 6.45) is 1.72. The molecule has 0 aliphatic heterocycles. The van der Waals surface area contributed by atoms with E-state index in [1.54, 1.807) is 13.3 Å². The summed E-state index contributed by atoms with van der Waals surface area (Å²) in [5.41, 5.74) is 3.25. The van der Waals surface area contributed by atoms with Crippen molar-refractivity contribution < 1.29 is 9.53 Å². The number of nitrogens with one attached hydrogen (secondary N) is 2. The van der Waals surface area contributed by atoms with Crippen molar-refractivity contribution in [1.82, 2.24) is 25.0 Å². The lowest BCUT2D eigenvalue weighted by molar-refractivity contribution is -0.117. The van der Waals surface area contributed by atoms with Gasteiger partial charge in [-0.05, 0) is 36.4 Å². The van der Waals surface area contributed by atoms with Gasteiger partial charge in [0.15, 0.2) is 0 Å². The number of hydrogen-bond donors (Lipinski definition) is 2. The fourth-order valence-electron chi connectivity index (χ4n) is 2.60. The van der Waals surface area contributed by atoms with E-state index >= 15 is 0 Å². The summed E-state index contributed by atoms with van der Waals surface area (Å²) in [6, 6.07) is 15.1. The smallest absolute Gasteiger partial charge is 0.248 e. The monoisotopic (exact) mass is 348 g/mol. The number of fused-ring (bicyclic) bond motifs is 1. The highest BCUT2D eigenvalue weighted by atomic mass is 16.5. The molecule has 8 nitrogen and oxygen atoms in total. The van der Waals surface area contributed by atoms with Crippen LogP contribution in [-0.2, 0) is 11.3 Å². The summed E-state index contributed by atoms with van der Waals surface area (Å²) in [5, 5.41) is 10.8. The predicted molar refractivity (Wildman–Crippen MR) is 96.7 cm³/mol. The minimum Gasteiger partial charge on any atom is -0.497 e. The van der Waals surface area contributed by atoms with Crippen LogP contribution in [0.15, 0.2) is 54.7 Å².